The third kappa shape index (κ3) is 4.89. The van der Waals surface area contributed by atoms with Crippen molar-refractivity contribution in [2.45, 2.75) is 32.7 Å². The molecule has 1 amide bonds. The zero-order valence-corrected chi connectivity index (χ0v) is 21.3. The minimum Gasteiger partial charge on any atom is -0.366 e. The van der Waals surface area contributed by atoms with Crippen molar-refractivity contribution in [1.29, 1.82) is 0 Å². The van der Waals surface area contributed by atoms with E-state index in [1.54, 1.807) is 35.5 Å². The quantitative estimate of drug-likeness (QED) is 0.215. The maximum Gasteiger partial charge on any atom is 0.293 e. The molecule has 184 valence electrons. The van der Waals surface area contributed by atoms with Crippen molar-refractivity contribution < 1.29 is 9.72 Å². The number of thiazole rings is 1. The lowest BCUT2D eigenvalue weighted by Gasteiger charge is -2.28. The Morgan fingerprint density at radius 1 is 1.19 bits per heavy atom. The summed E-state index contributed by atoms with van der Waals surface area (Å²) in [7, 11) is 0. The fraction of sp³-hybridized carbons (Fsp3) is 0.269. The van der Waals surface area contributed by atoms with Gasteiger partial charge in [-0.05, 0) is 67.6 Å². The summed E-state index contributed by atoms with van der Waals surface area (Å²) in [5.41, 5.74) is 3.24. The molecule has 1 fully saturated rings. The molecule has 1 aliphatic rings. The zero-order valence-electron chi connectivity index (χ0n) is 19.7. The molecule has 0 saturated carbocycles. The molecule has 5 rings (SSSR count). The first-order valence-electron chi connectivity index (χ1n) is 11.7. The minimum absolute atomic E-state index is 0.0593. The van der Waals surface area contributed by atoms with E-state index in [1.165, 1.54) is 17.4 Å². The molecular weight excluding hydrogens is 498 g/mol. The number of benzene rings is 2. The van der Waals surface area contributed by atoms with Crippen molar-refractivity contribution in [2.24, 2.45) is 0 Å². The Labute approximate surface area is 217 Å². The van der Waals surface area contributed by atoms with Crippen LogP contribution >= 0.6 is 22.9 Å². The number of nitro benzene ring substituents is 1. The number of amides is 1. The van der Waals surface area contributed by atoms with Crippen LogP contribution in [0.3, 0.4) is 0 Å². The van der Waals surface area contributed by atoms with Gasteiger partial charge in [0, 0.05) is 42.1 Å². The Bertz CT molecular complexity index is 1440. The molecule has 4 aromatic rings. The van der Waals surface area contributed by atoms with Gasteiger partial charge >= 0.3 is 0 Å². The smallest absolute Gasteiger partial charge is 0.293 e. The average molecular weight is 522 g/mol. The number of aryl methyl sites for hydroxylation is 1. The van der Waals surface area contributed by atoms with E-state index in [1.807, 2.05) is 30.0 Å². The van der Waals surface area contributed by atoms with Crippen LogP contribution in [0.4, 0.5) is 16.5 Å². The van der Waals surface area contributed by atoms with E-state index in [4.69, 9.17) is 16.6 Å². The molecule has 0 radical (unpaired) electrons. The summed E-state index contributed by atoms with van der Waals surface area (Å²) >= 11 is 7.61. The monoisotopic (exact) mass is 521 g/mol. The largest absolute Gasteiger partial charge is 0.366 e. The van der Waals surface area contributed by atoms with Crippen molar-refractivity contribution >= 4 is 55.6 Å². The van der Waals surface area contributed by atoms with Crippen LogP contribution < -0.4 is 9.80 Å². The van der Waals surface area contributed by atoms with Gasteiger partial charge < -0.3 is 4.90 Å². The standard InChI is InChI=1S/C26H24ClN5O3S/c1-17-12-20(27)14-23-24(17)29-26(36-23)31(16-18-6-5-9-28-15-18)25(33)19-7-8-21(22(13-19)32(34)35)30-10-3-2-4-11-30/h5-9,12-15H,2-4,10-11,16H2,1H3. The van der Waals surface area contributed by atoms with E-state index in [-0.39, 0.29) is 23.7 Å². The summed E-state index contributed by atoms with van der Waals surface area (Å²) in [5, 5.41) is 13.1. The lowest BCUT2D eigenvalue weighted by Crippen LogP contribution is -2.31. The van der Waals surface area contributed by atoms with Gasteiger partial charge in [0.1, 0.15) is 5.69 Å². The number of halogens is 1. The summed E-state index contributed by atoms with van der Waals surface area (Å²) in [4.78, 5) is 37.9. The summed E-state index contributed by atoms with van der Waals surface area (Å²) in [5.74, 6) is -0.366. The predicted octanol–water partition coefficient (Wildman–Crippen LogP) is 6.40. The van der Waals surface area contributed by atoms with Gasteiger partial charge in [0.15, 0.2) is 5.13 Å². The molecule has 2 aromatic heterocycles. The summed E-state index contributed by atoms with van der Waals surface area (Å²) in [6.07, 6.45) is 6.48. The van der Waals surface area contributed by atoms with Crippen molar-refractivity contribution in [3.63, 3.8) is 0 Å². The number of nitrogens with zero attached hydrogens (tertiary/aromatic N) is 5. The lowest BCUT2D eigenvalue weighted by molar-refractivity contribution is -0.384. The number of nitro groups is 1. The van der Waals surface area contributed by atoms with Crippen LogP contribution in [-0.4, -0.2) is 33.9 Å². The Hall–Kier alpha value is -3.56. The fourth-order valence-electron chi connectivity index (χ4n) is 4.52. The number of aromatic nitrogens is 2. The van der Waals surface area contributed by atoms with Crippen molar-refractivity contribution in [2.75, 3.05) is 22.9 Å². The normalized spacial score (nSPS) is 13.7. The van der Waals surface area contributed by atoms with Gasteiger partial charge in [-0.2, -0.15) is 0 Å². The van der Waals surface area contributed by atoms with Crippen molar-refractivity contribution in [3.05, 3.63) is 86.7 Å². The maximum atomic E-state index is 13.9. The van der Waals surface area contributed by atoms with Crippen LogP contribution in [0.2, 0.25) is 5.02 Å². The van der Waals surface area contributed by atoms with Gasteiger partial charge in [0.05, 0.1) is 21.7 Å². The van der Waals surface area contributed by atoms with E-state index in [2.05, 4.69) is 4.98 Å². The molecule has 0 N–H and O–H groups in total. The third-order valence-corrected chi connectivity index (χ3v) is 7.54. The summed E-state index contributed by atoms with van der Waals surface area (Å²) in [6.45, 7) is 3.69. The molecule has 0 spiro atoms. The van der Waals surface area contributed by atoms with Gasteiger partial charge in [0.2, 0.25) is 0 Å². The second kappa shape index (κ2) is 10.2. The van der Waals surface area contributed by atoms with Gasteiger partial charge in [-0.15, -0.1) is 0 Å². The van der Waals surface area contributed by atoms with Gasteiger partial charge in [0.25, 0.3) is 11.6 Å². The molecule has 2 aromatic carbocycles. The Kier molecular flexibility index (Phi) is 6.84. The molecule has 0 bridgehead atoms. The molecule has 1 aliphatic heterocycles. The predicted molar refractivity (Wildman–Crippen MR) is 143 cm³/mol. The molecule has 0 aliphatic carbocycles. The summed E-state index contributed by atoms with van der Waals surface area (Å²) in [6, 6.07) is 12.1. The Balaban J connectivity index is 1.56. The maximum absolute atomic E-state index is 13.9. The zero-order chi connectivity index (χ0) is 25.2. The van der Waals surface area contributed by atoms with Gasteiger partial charge in [-0.3, -0.25) is 24.8 Å². The molecular formula is C26H24ClN5O3S. The van der Waals surface area contributed by atoms with E-state index in [0.717, 1.165) is 53.7 Å². The second-order valence-electron chi connectivity index (χ2n) is 8.83. The topological polar surface area (TPSA) is 92.5 Å². The number of carbonyl (C=O) groups excluding carboxylic acids is 1. The van der Waals surface area contributed by atoms with Crippen molar-refractivity contribution in [1.82, 2.24) is 9.97 Å². The highest BCUT2D eigenvalue weighted by Gasteiger charge is 2.27. The van der Waals surface area contributed by atoms with Crippen LogP contribution in [-0.2, 0) is 6.54 Å². The molecule has 3 heterocycles. The minimum atomic E-state index is -0.408. The first-order chi connectivity index (χ1) is 17.4. The SMILES string of the molecule is Cc1cc(Cl)cc2sc(N(Cc3cccnc3)C(=O)c3ccc(N4CCCCC4)c([N+](=O)[O-])c3)nc12. The second-order valence-corrected chi connectivity index (χ2v) is 10.3. The number of fused-ring (bicyclic) bond motifs is 1. The highest BCUT2D eigenvalue weighted by Crippen LogP contribution is 2.36. The Morgan fingerprint density at radius 2 is 2.00 bits per heavy atom. The molecule has 36 heavy (non-hydrogen) atoms. The van der Waals surface area contributed by atoms with Crippen LogP contribution in [0.1, 0.15) is 40.7 Å². The molecule has 1 saturated heterocycles. The molecule has 8 nitrogen and oxygen atoms in total. The number of carbonyl (C=O) groups is 1. The van der Waals surface area contributed by atoms with Crippen LogP contribution in [0.15, 0.2) is 54.9 Å². The fourth-order valence-corrected chi connectivity index (χ4v) is 5.94. The van der Waals surface area contributed by atoms with Crippen LogP contribution in [0.5, 0.6) is 0 Å². The van der Waals surface area contributed by atoms with Crippen LogP contribution in [0.25, 0.3) is 10.2 Å². The number of anilines is 2. The first kappa shape index (κ1) is 24.1. The first-order valence-corrected chi connectivity index (χ1v) is 12.9. The van der Waals surface area contributed by atoms with E-state index < -0.39 is 4.92 Å². The van der Waals surface area contributed by atoms with E-state index in [0.29, 0.717) is 15.8 Å². The molecule has 0 unspecified atom stereocenters. The number of piperidine rings is 1. The number of hydrogen-bond donors (Lipinski definition) is 0. The lowest BCUT2D eigenvalue weighted by atomic mass is 10.1. The van der Waals surface area contributed by atoms with Crippen molar-refractivity contribution in [3.8, 4) is 0 Å². The van der Waals surface area contributed by atoms with Crippen LogP contribution in [0, 0.1) is 17.0 Å². The number of pyridine rings is 1. The Morgan fingerprint density at radius 3 is 2.72 bits per heavy atom. The molecule has 10 heteroatoms. The summed E-state index contributed by atoms with van der Waals surface area (Å²) < 4.78 is 0.866. The highest BCUT2D eigenvalue weighted by atomic mass is 35.5. The third-order valence-electron chi connectivity index (χ3n) is 6.29. The molecule has 0 atom stereocenters. The van der Waals surface area contributed by atoms with E-state index in [9.17, 15) is 14.9 Å². The number of hydrogen-bond acceptors (Lipinski definition) is 7. The number of rotatable bonds is 6. The average Bonchev–Trinajstić information content (AvgIpc) is 3.32. The van der Waals surface area contributed by atoms with Gasteiger partial charge in [-0.25, -0.2) is 4.98 Å². The van der Waals surface area contributed by atoms with Gasteiger partial charge in [-0.1, -0.05) is 29.0 Å². The highest BCUT2D eigenvalue weighted by molar-refractivity contribution is 7.22. The van der Waals surface area contributed by atoms with E-state index >= 15 is 0 Å².